The van der Waals surface area contributed by atoms with Crippen LogP contribution in [-0.2, 0) is 6.61 Å². The molecule has 0 aliphatic carbocycles. The Kier molecular flexibility index (Phi) is 6.49. The lowest BCUT2D eigenvalue weighted by Gasteiger charge is -2.12. The number of benzene rings is 2. The molecule has 1 aromatic heterocycles. The van der Waals surface area contributed by atoms with E-state index < -0.39 is 0 Å². The van der Waals surface area contributed by atoms with Crippen molar-refractivity contribution in [2.45, 2.75) is 26.4 Å². The molecule has 0 bridgehead atoms. The molecule has 0 unspecified atom stereocenters. The SMILES string of the molecule is COc1cc(/C=N\n2c(C(C)C)n[nH]c2=S)ccc1OCc1ccccc1Cl. The summed E-state index contributed by atoms with van der Waals surface area (Å²) in [5.41, 5.74) is 1.76. The molecule has 0 amide bonds. The van der Waals surface area contributed by atoms with Crippen molar-refractivity contribution in [3.63, 3.8) is 0 Å². The van der Waals surface area contributed by atoms with Gasteiger partial charge in [-0.1, -0.05) is 43.6 Å². The molecule has 28 heavy (non-hydrogen) atoms. The lowest BCUT2D eigenvalue weighted by atomic mass is 10.2. The average molecular weight is 417 g/mol. The third kappa shape index (κ3) is 4.61. The van der Waals surface area contributed by atoms with Crippen molar-refractivity contribution in [1.82, 2.24) is 14.9 Å². The summed E-state index contributed by atoms with van der Waals surface area (Å²) in [6, 6.07) is 13.2. The topological polar surface area (TPSA) is 64.4 Å². The van der Waals surface area contributed by atoms with Crippen LogP contribution in [-0.4, -0.2) is 28.2 Å². The Labute approximate surface area is 173 Å². The number of hydrogen-bond acceptors (Lipinski definition) is 5. The Balaban J connectivity index is 1.79. The van der Waals surface area contributed by atoms with Crippen LogP contribution in [0.4, 0.5) is 0 Å². The minimum Gasteiger partial charge on any atom is -0.493 e. The lowest BCUT2D eigenvalue weighted by molar-refractivity contribution is 0.284. The van der Waals surface area contributed by atoms with Crippen molar-refractivity contribution in [3.8, 4) is 11.5 Å². The van der Waals surface area contributed by atoms with Crippen LogP contribution in [0.5, 0.6) is 11.5 Å². The molecule has 0 saturated heterocycles. The number of rotatable bonds is 7. The van der Waals surface area contributed by atoms with Gasteiger partial charge in [-0.05, 0) is 42.0 Å². The molecule has 3 rings (SSSR count). The van der Waals surface area contributed by atoms with Crippen LogP contribution in [0.3, 0.4) is 0 Å². The molecule has 8 heteroatoms. The monoisotopic (exact) mass is 416 g/mol. The Morgan fingerprint density at radius 2 is 2.04 bits per heavy atom. The molecule has 0 spiro atoms. The van der Waals surface area contributed by atoms with E-state index in [1.54, 1.807) is 18.0 Å². The van der Waals surface area contributed by atoms with Crippen LogP contribution < -0.4 is 9.47 Å². The predicted octanol–water partition coefficient (Wildman–Crippen LogP) is 5.19. The summed E-state index contributed by atoms with van der Waals surface area (Å²) in [6.45, 7) is 4.42. The number of nitrogens with zero attached hydrogens (tertiary/aromatic N) is 3. The van der Waals surface area contributed by atoms with Gasteiger partial charge < -0.3 is 9.47 Å². The first kappa shape index (κ1) is 20.1. The average Bonchev–Trinajstić information content (AvgIpc) is 3.06. The number of aromatic amines is 1. The van der Waals surface area contributed by atoms with Crippen LogP contribution in [0.1, 0.15) is 36.7 Å². The van der Waals surface area contributed by atoms with E-state index >= 15 is 0 Å². The summed E-state index contributed by atoms with van der Waals surface area (Å²) in [5.74, 6) is 2.20. The van der Waals surface area contributed by atoms with E-state index in [4.69, 9.17) is 33.3 Å². The molecule has 3 aromatic rings. The predicted molar refractivity (Wildman–Crippen MR) is 113 cm³/mol. The Morgan fingerprint density at radius 3 is 2.75 bits per heavy atom. The van der Waals surface area contributed by atoms with E-state index in [1.807, 2.05) is 56.3 Å². The molecule has 0 aliphatic rings. The molecule has 0 saturated carbocycles. The van der Waals surface area contributed by atoms with Gasteiger partial charge in [0, 0.05) is 16.5 Å². The maximum atomic E-state index is 6.18. The normalized spacial score (nSPS) is 11.3. The second-order valence-corrected chi connectivity index (χ2v) is 7.18. The Hall–Kier alpha value is -2.64. The van der Waals surface area contributed by atoms with Crippen molar-refractivity contribution in [2.75, 3.05) is 7.11 Å². The minimum atomic E-state index is 0.195. The third-order valence-electron chi connectivity index (χ3n) is 4.04. The van der Waals surface area contributed by atoms with Gasteiger partial charge in [0.05, 0.1) is 13.3 Å². The maximum Gasteiger partial charge on any atom is 0.216 e. The molecular formula is C20H21ClN4O2S. The van der Waals surface area contributed by atoms with Gasteiger partial charge in [-0.3, -0.25) is 5.10 Å². The lowest BCUT2D eigenvalue weighted by Crippen LogP contribution is -2.01. The van der Waals surface area contributed by atoms with Crippen molar-refractivity contribution in [3.05, 3.63) is 69.2 Å². The Morgan fingerprint density at radius 1 is 1.25 bits per heavy atom. The molecule has 146 valence electrons. The number of hydrogen-bond donors (Lipinski definition) is 1. The van der Waals surface area contributed by atoms with Gasteiger partial charge in [0.2, 0.25) is 4.77 Å². The van der Waals surface area contributed by atoms with Crippen LogP contribution in [0.15, 0.2) is 47.6 Å². The number of methoxy groups -OCH3 is 1. The van der Waals surface area contributed by atoms with E-state index in [0.717, 1.165) is 17.0 Å². The van der Waals surface area contributed by atoms with Gasteiger partial charge in [0.1, 0.15) is 6.61 Å². The highest BCUT2D eigenvalue weighted by Crippen LogP contribution is 2.29. The van der Waals surface area contributed by atoms with E-state index in [2.05, 4.69) is 15.3 Å². The van der Waals surface area contributed by atoms with Crippen LogP contribution in [0.25, 0.3) is 0 Å². The van der Waals surface area contributed by atoms with Gasteiger partial charge >= 0.3 is 0 Å². The smallest absolute Gasteiger partial charge is 0.216 e. The molecule has 6 nitrogen and oxygen atoms in total. The Bertz CT molecular complexity index is 1040. The van der Waals surface area contributed by atoms with Gasteiger partial charge in [-0.25, -0.2) is 0 Å². The number of H-pyrrole nitrogens is 1. The first-order valence-corrected chi connectivity index (χ1v) is 9.54. The molecule has 2 aromatic carbocycles. The third-order valence-corrected chi connectivity index (χ3v) is 4.68. The number of nitrogens with one attached hydrogen (secondary N) is 1. The summed E-state index contributed by atoms with van der Waals surface area (Å²) >= 11 is 11.4. The highest BCUT2D eigenvalue weighted by molar-refractivity contribution is 7.71. The summed E-state index contributed by atoms with van der Waals surface area (Å²) in [6.07, 6.45) is 1.71. The first-order valence-electron chi connectivity index (χ1n) is 8.75. The quantitative estimate of drug-likeness (QED) is 0.425. The fourth-order valence-corrected chi connectivity index (χ4v) is 2.94. The number of aromatic nitrogens is 3. The highest BCUT2D eigenvalue weighted by atomic mass is 35.5. The maximum absolute atomic E-state index is 6.18. The largest absolute Gasteiger partial charge is 0.493 e. The minimum absolute atomic E-state index is 0.195. The zero-order valence-electron chi connectivity index (χ0n) is 15.8. The van der Waals surface area contributed by atoms with Gasteiger partial charge in [0.25, 0.3) is 0 Å². The zero-order valence-corrected chi connectivity index (χ0v) is 17.4. The van der Waals surface area contributed by atoms with Crippen molar-refractivity contribution < 1.29 is 9.47 Å². The molecule has 0 fully saturated rings. The van der Waals surface area contributed by atoms with E-state index in [-0.39, 0.29) is 5.92 Å². The summed E-state index contributed by atoms with van der Waals surface area (Å²) < 4.78 is 13.4. The summed E-state index contributed by atoms with van der Waals surface area (Å²) in [7, 11) is 1.60. The molecule has 0 radical (unpaired) electrons. The molecular weight excluding hydrogens is 396 g/mol. The van der Waals surface area contributed by atoms with Crippen LogP contribution in [0, 0.1) is 4.77 Å². The number of ether oxygens (including phenoxy) is 2. The second kappa shape index (κ2) is 9.03. The van der Waals surface area contributed by atoms with E-state index in [1.165, 1.54) is 0 Å². The first-order chi connectivity index (χ1) is 13.5. The van der Waals surface area contributed by atoms with Gasteiger partial charge in [0.15, 0.2) is 17.3 Å². The van der Waals surface area contributed by atoms with Crippen molar-refractivity contribution in [2.24, 2.45) is 5.10 Å². The molecule has 0 atom stereocenters. The van der Waals surface area contributed by atoms with Gasteiger partial charge in [-0.2, -0.15) is 14.9 Å². The van der Waals surface area contributed by atoms with E-state index in [0.29, 0.717) is 27.9 Å². The molecule has 0 aliphatic heterocycles. The summed E-state index contributed by atoms with van der Waals surface area (Å²) in [4.78, 5) is 0. The second-order valence-electron chi connectivity index (χ2n) is 6.39. The molecule has 1 N–H and O–H groups in total. The zero-order chi connectivity index (χ0) is 20.1. The standard InChI is InChI=1S/C20H21ClN4O2S/c1-13(2)19-23-24-20(28)25(19)22-11-14-8-9-17(18(10-14)26-3)27-12-15-6-4-5-7-16(15)21/h4-11,13H,12H2,1-3H3,(H,24,28)/b22-11-. The highest BCUT2D eigenvalue weighted by Gasteiger charge is 2.10. The number of halogens is 1. The van der Waals surface area contributed by atoms with Crippen LogP contribution >= 0.6 is 23.8 Å². The van der Waals surface area contributed by atoms with Crippen molar-refractivity contribution in [1.29, 1.82) is 0 Å². The fourth-order valence-electron chi connectivity index (χ4n) is 2.57. The fraction of sp³-hybridized carbons (Fsp3) is 0.250. The van der Waals surface area contributed by atoms with Crippen LogP contribution in [0.2, 0.25) is 5.02 Å². The van der Waals surface area contributed by atoms with E-state index in [9.17, 15) is 0 Å². The molecule has 1 heterocycles. The summed E-state index contributed by atoms with van der Waals surface area (Å²) in [5, 5.41) is 12.1. The van der Waals surface area contributed by atoms with Gasteiger partial charge in [-0.15, -0.1) is 0 Å². The van der Waals surface area contributed by atoms with Crippen molar-refractivity contribution >= 4 is 30.0 Å².